The standard InChI is InChI=1S/C22H18ClN5O4S/c1-2-32-21(31)13-3-7-15(8-4-13)25-18(29)12-33-22-26-19-17(20(30)27-22)11-24-28(19)16-9-5-14(23)6-10-16/h3-11H,2,12H2,1H3,(H,25,29)(H,26,27,30). The van der Waals surface area contributed by atoms with Crippen molar-refractivity contribution in [3.05, 3.63) is 75.7 Å². The molecule has 0 saturated carbocycles. The first-order valence-corrected chi connectivity index (χ1v) is 11.2. The van der Waals surface area contributed by atoms with E-state index in [1.807, 2.05) is 0 Å². The third kappa shape index (κ3) is 5.24. The SMILES string of the molecule is CCOC(=O)c1ccc(NC(=O)CSc2nc3c(cnn3-c3ccc(Cl)cc3)c(=O)[nH]2)cc1. The van der Waals surface area contributed by atoms with Crippen molar-refractivity contribution in [3.63, 3.8) is 0 Å². The zero-order chi connectivity index (χ0) is 23.4. The predicted octanol–water partition coefficient (Wildman–Crippen LogP) is 3.67. The molecule has 0 aliphatic rings. The molecule has 33 heavy (non-hydrogen) atoms. The Kier molecular flexibility index (Phi) is 6.76. The van der Waals surface area contributed by atoms with Crippen LogP contribution in [0.3, 0.4) is 0 Å². The van der Waals surface area contributed by atoms with Crippen LogP contribution in [0.4, 0.5) is 5.69 Å². The van der Waals surface area contributed by atoms with Crippen LogP contribution in [0.15, 0.2) is 64.7 Å². The van der Waals surface area contributed by atoms with Crippen molar-refractivity contribution in [2.75, 3.05) is 17.7 Å². The van der Waals surface area contributed by atoms with Gasteiger partial charge in [-0.25, -0.2) is 14.5 Å². The number of benzene rings is 2. The lowest BCUT2D eigenvalue weighted by molar-refractivity contribution is -0.113. The number of nitrogens with zero attached hydrogens (tertiary/aromatic N) is 3. The van der Waals surface area contributed by atoms with Gasteiger partial charge in [0.2, 0.25) is 5.91 Å². The van der Waals surface area contributed by atoms with Crippen LogP contribution >= 0.6 is 23.4 Å². The zero-order valence-corrected chi connectivity index (χ0v) is 18.9. The number of ether oxygens (including phenoxy) is 1. The predicted molar refractivity (Wildman–Crippen MR) is 126 cm³/mol. The van der Waals surface area contributed by atoms with Gasteiger partial charge in [-0.2, -0.15) is 5.10 Å². The van der Waals surface area contributed by atoms with Gasteiger partial charge in [0.25, 0.3) is 5.56 Å². The van der Waals surface area contributed by atoms with Gasteiger partial charge in [-0.05, 0) is 55.5 Å². The van der Waals surface area contributed by atoms with Gasteiger partial charge in [0.1, 0.15) is 5.39 Å². The molecule has 2 heterocycles. The summed E-state index contributed by atoms with van der Waals surface area (Å²) in [6, 6.07) is 13.4. The molecule has 0 bridgehead atoms. The highest BCUT2D eigenvalue weighted by molar-refractivity contribution is 7.99. The Morgan fingerprint density at radius 2 is 1.88 bits per heavy atom. The minimum Gasteiger partial charge on any atom is -0.462 e. The smallest absolute Gasteiger partial charge is 0.338 e. The average molecular weight is 484 g/mol. The first-order valence-electron chi connectivity index (χ1n) is 9.88. The molecular formula is C22H18ClN5O4S. The number of anilines is 1. The van der Waals surface area contributed by atoms with Crippen LogP contribution in [-0.2, 0) is 9.53 Å². The molecule has 2 aromatic carbocycles. The van der Waals surface area contributed by atoms with E-state index in [0.29, 0.717) is 33.0 Å². The number of H-pyrrole nitrogens is 1. The van der Waals surface area contributed by atoms with Crippen LogP contribution in [0.1, 0.15) is 17.3 Å². The molecule has 0 fully saturated rings. The van der Waals surface area contributed by atoms with Gasteiger partial charge in [0.15, 0.2) is 10.8 Å². The molecule has 168 valence electrons. The Morgan fingerprint density at radius 3 is 2.58 bits per heavy atom. The molecule has 0 atom stereocenters. The minimum atomic E-state index is -0.422. The number of nitrogens with one attached hydrogen (secondary N) is 2. The summed E-state index contributed by atoms with van der Waals surface area (Å²) >= 11 is 7.03. The zero-order valence-electron chi connectivity index (χ0n) is 17.4. The Bertz CT molecular complexity index is 1370. The first-order chi connectivity index (χ1) is 15.9. The molecule has 0 aliphatic heterocycles. The molecule has 9 nitrogen and oxygen atoms in total. The molecule has 1 amide bonds. The lowest BCUT2D eigenvalue weighted by Gasteiger charge is -2.07. The van der Waals surface area contributed by atoms with Crippen molar-refractivity contribution in [2.24, 2.45) is 0 Å². The van der Waals surface area contributed by atoms with Crippen LogP contribution in [0.5, 0.6) is 0 Å². The molecule has 4 aromatic rings. The van der Waals surface area contributed by atoms with Crippen LogP contribution in [0.2, 0.25) is 5.02 Å². The molecule has 0 radical (unpaired) electrons. The number of fused-ring (bicyclic) bond motifs is 1. The summed E-state index contributed by atoms with van der Waals surface area (Å²) in [7, 11) is 0. The maximum Gasteiger partial charge on any atom is 0.338 e. The summed E-state index contributed by atoms with van der Waals surface area (Å²) < 4.78 is 6.47. The Morgan fingerprint density at radius 1 is 1.15 bits per heavy atom. The van der Waals surface area contributed by atoms with Crippen molar-refractivity contribution in [3.8, 4) is 5.69 Å². The number of halogens is 1. The lowest BCUT2D eigenvalue weighted by Crippen LogP contribution is -2.16. The number of aromatic nitrogens is 4. The highest BCUT2D eigenvalue weighted by Crippen LogP contribution is 2.20. The molecule has 0 saturated heterocycles. The number of hydrogen-bond donors (Lipinski definition) is 2. The molecule has 2 aromatic heterocycles. The molecule has 4 rings (SSSR count). The van der Waals surface area contributed by atoms with Crippen molar-refractivity contribution < 1.29 is 14.3 Å². The second kappa shape index (κ2) is 9.88. The third-order valence-electron chi connectivity index (χ3n) is 4.51. The topological polar surface area (TPSA) is 119 Å². The van der Waals surface area contributed by atoms with Gasteiger partial charge in [-0.15, -0.1) is 0 Å². The number of amides is 1. The highest BCUT2D eigenvalue weighted by atomic mass is 35.5. The summed E-state index contributed by atoms with van der Waals surface area (Å²) in [5.74, 6) is -0.699. The second-order valence-corrected chi connectivity index (χ2v) is 8.18. The van der Waals surface area contributed by atoms with E-state index >= 15 is 0 Å². The Balaban J connectivity index is 1.45. The molecule has 0 unspecified atom stereocenters. The number of esters is 1. The van der Waals surface area contributed by atoms with Crippen molar-refractivity contribution >= 4 is 52.0 Å². The first kappa shape index (κ1) is 22.6. The van der Waals surface area contributed by atoms with Gasteiger partial charge >= 0.3 is 5.97 Å². The van der Waals surface area contributed by atoms with Gasteiger partial charge in [-0.1, -0.05) is 23.4 Å². The van der Waals surface area contributed by atoms with Crippen LogP contribution in [0, 0.1) is 0 Å². The fraction of sp³-hybridized carbons (Fsp3) is 0.136. The van der Waals surface area contributed by atoms with Gasteiger partial charge < -0.3 is 15.0 Å². The molecule has 2 N–H and O–H groups in total. The van der Waals surface area contributed by atoms with Gasteiger partial charge in [-0.3, -0.25) is 9.59 Å². The van der Waals surface area contributed by atoms with E-state index in [1.165, 1.54) is 10.9 Å². The van der Waals surface area contributed by atoms with Crippen LogP contribution < -0.4 is 10.9 Å². The van der Waals surface area contributed by atoms with Gasteiger partial charge in [0, 0.05) is 10.7 Å². The quantitative estimate of drug-likeness (QED) is 0.234. The molecule has 0 spiro atoms. The maximum absolute atomic E-state index is 12.4. The van der Waals surface area contributed by atoms with E-state index in [4.69, 9.17) is 16.3 Å². The third-order valence-corrected chi connectivity index (χ3v) is 5.63. The fourth-order valence-electron chi connectivity index (χ4n) is 2.97. The summed E-state index contributed by atoms with van der Waals surface area (Å²) in [6.45, 7) is 2.02. The number of thioether (sulfide) groups is 1. The van der Waals surface area contributed by atoms with E-state index in [0.717, 1.165) is 11.8 Å². The van der Waals surface area contributed by atoms with E-state index in [9.17, 15) is 14.4 Å². The van der Waals surface area contributed by atoms with Crippen molar-refractivity contribution in [1.82, 2.24) is 19.7 Å². The van der Waals surface area contributed by atoms with E-state index in [2.05, 4.69) is 20.4 Å². The molecule has 0 aliphatic carbocycles. The Hall–Kier alpha value is -3.63. The van der Waals surface area contributed by atoms with Crippen molar-refractivity contribution in [2.45, 2.75) is 12.1 Å². The highest BCUT2D eigenvalue weighted by Gasteiger charge is 2.13. The summed E-state index contributed by atoms with van der Waals surface area (Å²) in [4.78, 5) is 43.6. The van der Waals surface area contributed by atoms with Gasteiger partial charge in [0.05, 0.1) is 29.8 Å². The van der Waals surface area contributed by atoms with E-state index in [-0.39, 0.29) is 29.0 Å². The summed E-state index contributed by atoms with van der Waals surface area (Å²) in [5.41, 5.74) is 1.66. The summed E-state index contributed by atoms with van der Waals surface area (Å²) in [6.07, 6.45) is 1.44. The van der Waals surface area contributed by atoms with E-state index in [1.54, 1.807) is 55.5 Å². The minimum absolute atomic E-state index is 0.0170. The van der Waals surface area contributed by atoms with Crippen LogP contribution in [0.25, 0.3) is 16.7 Å². The van der Waals surface area contributed by atoms with Crippen molar-refractivity contribution in [1.29, 1.82) is 0 Å². The largest absolute Gasteiger partial charge is 0.462 e. The molecule has 11 heteroatoms. The summed E-state index contributed by atoms with van der Waals surface area (Å²) in [5, 5.41) is 8.19. The van der Waals surface area contributed by atoms with E-state index < -0.39 is 5.97 Å². The number of rotatable bonds is 7. The monoisotopic (exact) mass is 483 g/mol. The Labute approximate surface area is 197 Å². The number of hydrogen-bond acceptors (Lipinski definition) is 7. The molecular weight excluding hydrogens is 466 g/mol. The fourth-order valence-corrected chi connectivity index (χ4v) is 3.75. The van der Waals surface area contributed by atoms with Crippen LogP contribution in [-0.4, -0.2) is 44.0 Å². The second-order valence-electron chi connectivity index (χ2n) is 6.78. The number of carbonyl (C=O) groups is 2. The maximum atomic E-state index is 12.4. The normalized spacial score (nSPS) is 10.8. The number of aromatic amines is 1. The average Bonchev–Trinajstić information content (AvgIpc) is 3.23. The number of carbonyl (C=O) groups excluding carboxylic acids is 2. The lowest BCUT2D eigenvalue weighted by atomic mass is 10.2.